The zero-order valence-corrected chi connectivity index (χ0v) is 15.2. The van der Waals surface area contributed by atoms with E-state index in [1.165, 1.54) is 10.5 Å². The fourth-order valence-corrected chi connectivity index (χ4v) is 4.04. The highest BCUT2D eigenvalue weighted by Gasteiger charge is 2.47. The van der Waals surface area contributed by atoms with E-state index in [0.29, 0.717) is 6.04 Å². The van der Waals surface area contributed by atoms with E-state index in [9.17, 15) is 4.79 Å². The Morgan fingerprint density at radius 2 is 1.71 bits per heavy atom. The van der Waals surface area contributed by atoms with Gasteiger partial charge >= 0.3 is 0 Å². The van der Waals surface area contributed by atoms with Crippen molar-refractivity contribution >= 4 is 5.91 Å². The third-order valence-electron chi connectivity index (χ3n) is 5.18. The van der Waals surface area contributed by atoms with E-state index in [4.69, 9.17) is 0 Å². The van der Waals surface area contributed by atoms with Gasteiger partial charge in [0.1, 0.15) is 6.04 Å². The van der Waals surface area contributed by atoms with Crippen molar-refractivity contribution in [1.29, 1.82) is 0 Å². The van der Waals surface area contributed by atoms with Crippen LogP contribution < -0.4 is 22.6 Å². The Morgan fingerprint density at radius 1 is 1.08 bits per heavy atom. The highest BCUT2D eigenvalue weighted by Crippen LogP contribution is 2.45. The minimum atomic E-state index is -0.585. The van der Waals surface area contributed by atoms with Gasteiger partial charge in [0.2, 0.25) is 5.91 Å². The topological polar surface area (TPSA) is 33.5 Å². The molecule has 1 aliphatic carbocycles. The van der Waals surface area contributed by atoms with Crippen LogP contribution in [0.1, 0.15) is 35.6 Å². The highest BCUT2D eigenvalue weighted by molar-refractivity contribution is 5.92. The van der Waals surface area contributed by atoms with Crippen molar-refractivity contribution in [3.8, 4) is 0 Å². The molecule has 2 unspecified atom stereocenters. The number of carbonyl (C=O) groups is 1. The molecule has 0 heterocycles. The molecule has 0 radical (unpaired) electrons. The Hall–Kier alpha value is -1.84. The van der Waals surface area contributed by atoms with E-state index in [-0.39, 0.29) is 18.3 Å². The van der Waals surface area contributed by atoms with Crippen molar-refractivity contribution in [2.24, 2.45) is 0 Å². The lowest BCUT2D eigenvalue weighted by Crippen LogP contribution is -3.06. The summed E-state index contributed by atoms with van der Waals surface area (Å²) in [5.41, 5.74) is 2.95. The van der Waals surface area contributed by atoms with Gasteiger partial charge in [0.05, 0.1) is 19.5 Å². The summed E-state index contributed by atoms with van der Waals surface area (Å²) >= 11 is 0. The molecule has 128 valence electrons. The van der Waals surface area contributed by atoms with Crippen molar-refractivity contribution < 1.29 is 22.1 Å². The zero-order chi connectivity index (χ0) is 16.4. The average molecular weight is 345 g/mol. The van der Waals surface area contributed by atoms with Crippen LogP contribution >= 0.6 is 0 Å². The first-order valence-electron chi connectivity index (χ1n) is 8.28. The molecular formula is C20H25ClN2O. The fourth-order valence-electron chi connectivity index (χ4n) is 4.04. The van der Waals surface area contributed by atoms with Crippen molar-refractivity contribution in [2.45, 2.75) is 24.3 Å². The van der Waals surface area contributed by atoms with Crippen LogP contribution in [-0.2, 0) is 10.2 Å². The molecule has 0 bridgehead atoms. The summed E-state index contributed by atoms with van der Waals surface area (Å²) in [5.74, 6) is 0.0864. The molecule has 0 aliphatic heterocycles. The van der Waals surface area contributed by atoms with Crippen molar-refractivity contribution in [3.63, 3.8) is 0 Å². The summed E-state index contributed by atoms with van der Waals surface area (Å²) < 4.78 is 0. The maximum absolute atomic E-state index is 13.0. The summed E-state index contributed by atoms with van der Waals surface area (Å²) in [7, 11) is 6.12. The van der Waals surface area contributed by atoms with Gasteiger partial charge in [0.25, 0.3) is 0 Å². The highest BCUT2D eigenvalue weighted by atomic mass is 35.5. The van der Waals surface area contributed by atoms with Crippen LogP contribution in [0.3, 0.4) is 0 Å². The number of nitrogens with one attached hydrogen (secondary N) is 2. The summed E-state index contributed by atoms with van der Waals surface area (Å²) in [6.07, 6.45) is 1.84. The van der Waals surface area contributed by atoms with Crippen molar-refractivity contribution in [3.05, 3.63) is 71.3 Å². The molecule has 4 heteroatoms. The molecule has 3 nitrogen and oxygen atoms in total. The van der Waals surface area contributed by atoms with Gasteiger partial charge in [0.15, 0.2) is 0 Å². The van der Waals surface area contributed by atoms with Gasteiger partial charge in [-0.25, -0.2) is 0 Å². The van der Waals surface area contributed by atoms with Gasteiger partial charge in [-0.05, 0) is 17.5 Å². The van der Waals surface area contributed by atoms with Gasteiger partial charge in [0, 0.05) is 19.0 Å². The van der Waals surface area contributed by atoms with Crippen LogP contribution in [-0.4, -0.2) is 27.1 Å². The first-order valence-corrected chi connectivity index (χ1v) is 8.28. The molecule has 24 heavy (non-hydrogen) atoms. The fraction of sp³-hybridized carbons (Fsp3) is 0.350. The third-order valence-corrected chi connectivity index (χ3v) is 5.18. The molecule has 2 N–H and O–H groups in total. The number of hydrogen-bond acceptors (Lipinski definition) is 1. The number of benzene rings is 2. The van der Waals surface area contributed by atoms with Gasteiger partial charge in [-0.1, -0.05) is 54.6 Å². The molecule has 1 aliphatic rings. The van der Waals surface area contributed by atoms with E-state index < -0.39 is 5.41 Å². The molecule has 2 aromatic rings. The van der Waals surface area contributed by atoms with Crippen LogP contribution in [0.5, 0.6) is 0 Å². The Bertz CT molecular complexity index is 702. The van der Waals surface area contributed by atoms with E-state index in [0.717, 1.165) is 24.0 Å². The molecule has 2 aromatic carbocycles. The summed E-state index contributed by atoms with van der Waals surface area (Å²) in [5, 5.41) is 2.91. The number of likely N-dealkylation sites (N-methyl/N-ethyl adjacent to an activating group) is 1. The van der Waals surface area contributed by atoms with Gasteiger partial charge in [-0.15, -0.1) is 0 Å². The average Bonchev–Trinajstić information content (AvgIpc) is 2.60. The smallest absolute Gasteiger partial charge is 0.234 e. The first kappa shape index (κ1) is 18.5. The molecule has 0 saturated carbocycles. The minimum Gasteiger partial charge on any atom is -1.00 e. The predicted octanol–water partition coefficient (Wildman–Crippen LogP) is -1.30. The van der Waals surface area contributed by atoms with Crippen LogP contribution in [0.15, 0.2) is 54.6 Å². The lowest BCUT2D eigenvalue weighted by molar-refractivity contribution is -0.893. The number of quaternary nitrogens is 1. The standard InChI is InChI=1S/C20H24N2O.ClH/c1-21-19(23)20(15-9-5-4-6-10-15)14-13-18(22(2)3)16-11-7-8-12-17(16)20;/h4-12,18H,13-14H2,1-3H3,(H,21,23);1H. The quantitative estimate of drug-likeness (QED) is 0.713. The number of amides is 1. The van der Waals surface area contributed by atoms with E-state index >= 15 is 0 Å². The Morgan fingerprint density at radius 3 is 2.33 bits per heavy atom. The molecule has 0 aromatic heterocycles. The predicted molar refractivity (Wildman–Crippen MR) is 92.5 cm³/mol. The normalized spacial score (nSPS) is 22.4. The monoisotopic (exact) mass is 344 g/mol. The largest absolute Gasteiger partial charge is 1.00 e. The van der Waals surface area contributed by atoms with Crippen LogP contribution in [0.25, 0.3) is 0 Å². The second-order valence-electron chi connectivity index (χ2n) is 6.61. The summed E-state index contributed by atoms with van der Waals surface area (Å²) in [4.78, 5) is 14.4. The lowest BCUT2D eigenvalue weighted by atomic mass is 9.64. The number of carbonyl (C=O) groups excluding carboxylic acids is 1. The minimum absolute atomic E-state index is 0. The second-order valence-corrected chi connectivity index (χ2v) is 6.61. The Kier molecular flexibility index (Phi) is 5.68. The van der Waals surface area contributed by atoms with E-state index in [1.807, 2.05) is 24.3 Å². The molecule has 0 spiro atoms. The third kappa shape index (κ3) is 2.83. The molecule has 2 atom stereocenters. The summed E-state index contributed by atoms with van der Waals surface area (Å²) in [6.45, 7) is 0. The van der Waals surface area contributed by atoms with Gasteiger partial charge in [-0.2, -0.15) is 0 Å². The van der Waals surface area contributed by atoms with Crippen molar-refractivity contribution in [2.75, 3.05) is 21.1 Å². The molecular weight excluding hydrogens is 320 g/mol. The number of halogens is 1. The SMILES string of the molecule is CNC(=O)C1(c2ccccc2)CCC([NH+](C)C)c2ccccc21.[Cl-]. The second kappa shape index (κ2) is 7.37. The van der Waals surface area contributed by atoms with Crippen LogP contribution in [0.4, 0.5) is 0 Å². The Balaban J connectivity index is 0.00000208. The molecule has 1 amide bonds. The molecule has 3 rings (SSSR count). The van der Waals surface area contributed by atoms with Gasteiger partial charge in [-0.3, -0.25) is 4.79 Å². The van der Waals surface area contributed by atoms with E-state index in [2.05, 4.69) is 49.7 Å². The van der Waals surface area contributed by atoms with Crippen molar-refractivity contribution in [1.82, 2.24) is 5.32 Å². The zero-order valence-electron chi connectivity index (χ0n) is 14.5. The number of fused-ring (bicyclic) bond motifs is 1. The first-order chi connectivity index (χ1) is 11.1. The number of rotatable bonds is 3. The van der Waals surface area contributed by atoms with Crippen LogP contribution in [0.2, 0.25) is 0 Å². The maximum atomic E-state index is 13.0. The number of hydrogen-bond donors (Lipinski definition) is 2. The lowest BCUT2D eigenvalue weighted by Gasteiger charge is -2.41. The maximum Gasteiger partial charge on any atom is 0.234 e. The van der Waals surface area contributed by atoms with Gasteiger partial charge < -0.3 is 22.6 Å². The molecule has 0 fully saturated rings. The molecule has 0 saturated heterocycles. The van der Waals surface area contributed by atoms with E-state index in [1.54, 1.807) is 7.05 Å². The van der Waals surface area contributed by atoms with Crippen LogP contribution in [0, 0.1) is 0 Å². The summed E-state index contributed by atoms with van der Waals surface area (Å²) in [6, 6.07) is 19.1. The Labute approximate surface area is 150 Å².